The van der Waals surface area contributed by atoms with Crippen LogP contribution in [0.4, 0.5) is 4.39 Å². The minimum absolute atomic E-state index is 0.0929. The van der Waals surface area contributed by atoms with Crippen LogP contribution >= 0.6 is 0 Å². The number of fused-ring (bicyclic) bond motifs is 1. The van der Waals surface area contributed by atoms with Crippen LogP contribution in [-0.2, 0) is 0 Å². The number of nitrogens with zero attached hydrogens (tertiary/aromatic N) is 5. The van der Waals surface area contributed by atoms with Gasteiger partial charge in [-0.15, -0.1) is 0 Å². The largest absolute Gasteiger partial charge is 0.339 e. The predicted molar refractivity (Wildman–Crippen MR) is 123 cm³/mol. The van der Waals surface area contributed by atoms with Gasteiger partial charge in [-0.25, -0.2) is 9.37 Å². The van der Waals surface area contributed by atoms with E-state index in [0.717, 1.165) is 24.1 Å². The molecule has 0 saturated carbocycles. The fourth-order valence-corrected chi connectivity index (χ4v) is 4.20. The average molecular weight is 439 g/mol. The zero-order valence-corrected chi connectivity index (χ0v) is 18.2. The quantitative estimate of drug-likeness (QED) is 0.453. The lowest BCUT2D eigenvalue weighted by atomic mass is 9.98. The third kappa shape index (κ3) is 3.96. The van der Waals surface area contributed by atoms with E-state index in [4.69, 9.17) is 5.26 Å². The van der Waals surface area contributed by atoms with Gasteiger partial charge in [-0.2, -0.15) is 5.26 Å². The Balaban J connectivity index is 1.46. The second kappa shape index (κ2) is 8.47. The first kappa shape index (κ1) is 20.8. The summed E-state index contributed by atoms with van der Waals surface area (Å²) in [6.07, 6.45) is 7.07. The molecule has 2 aromatic carbocycles. The summed E-state index contributed by atoms with van der Waals surface area (Å²) >= 11 is 0. The molecular weight excluding hydrogens is 417 g/mol. The molecule has 0 bridgehead atoms. The van der Waals surface area contributed by atoms with Gasteiger partial charge >= 0.3 is 0 Å². The van der Waals surface area contributed by atoms with E-state index < -0.39 is 5.82 Å². The van der Waals surface area contributed by atoms with Crippen molar-refractivity contribution in [3.63, 3.8) is 0 Å². The number of carbonyl (C=O) groups is 1. The molecule has 0 atom stereocenters. The number of piperidine rings is 1. The number of hydrogen-bond donors (Lipinski definition) is 0. The maximum atomic E-state index is 15.0. The summed E-state index contributed by atoms with van der Waals surface area (Å²) < 4.78 is 16.9. The fourth-order valence-electron chi connectivity index (χ4n) is 4.20. The summed E-state index contributed by atoms with van der Waals surface area (Å²) in [5.74, 6) is -0.206. The number of nitriles is 1. The molecule has 0 aliphatic carbocycles. The van der Waals surface area contributed by atoms with Crippen molar-refractivity contribution in [2.75, 3.05) is 13.1 Å². The summed E-state index contributed by atoms with van der Waals surface area (Å²) in [7, 11) is 0. The van der Waals surface area contributed by atoms with E-state index in [9.17, 15) is 9.18 Å². The zero-order valence-electron chi connectivity index (χ0n) is 18.2. The highest BCUT2D eigenvalue weighted by molar-refractivity contribution is 5.95. The van der Waals surface area contributed by atoms with Gasteiger partial charge in [0.1, 0.15) is 5.82 Å². The molecule has 1 amide bonds. The van der Waals surface area contributed by atoms with Gasteiger partial charge < -0.3 is 4.90 Å². The van der Waals surface area contributed by atoms with Crippen molar-refractivity contribution in [2.24, 2.45) is 5.92 Å². The van der Waals surface area contributed by atoms with E-state index in [1.165, 1.54) is 6.07 Å². The van der Waals surface area contributed by atoms with E-state index in [2.05, 4.69) is 23.0 Å². The molecule has 164 valence electrons. The van der Waals surface area contributed by atoms with Crippen molar-refractivity contribution >= 4 is 11.6 Å². The highest BCUT2D eigenvalue weighted by Crippen LogP contribution is 2.26. The van der Waals surface area contributed by atoms with Crippen LogP contribution in [0.25, 0.3) is 28.2 Å². The number of likely N-dealkylation sites (tertiary alicyclic amines) is 1. The molecule has 0 spiro atoms. The molecule has 4 aromatic rings. The van der Waals surface area contributed by atoms with Crippen molar-refractivity contribution in [2.45, 2.75) is 19.8 Å². The highest BCUT2D eigenvalue weighted by atomic mass is 19.1. The molecule has 6 nitrogen and oxygen atoms in total. The molecule has 0 radical (unpaired) electrons. The summed E-state index contributed by atoms with van der Waals surface area (Å²) in [5.41, 5.74) is 4.23. The van der Waals surface area contributed by atoms with E-state index >= 15 is 0 Å². The molecule has 3 heterocycles. The molecular formula is C26H22FN5O. The Hall–Kier alpha value is -4.05. The number of imidazole rings is 1. The van der Waals surface area contributed by atoms with Crippen LogP contribution in [0.2, 0.25) is 0 Å². The third-order valence-electron chi connectivity index (χ3n) is 6.27. The van der Waals surface area contributed by atoms with Gasteiger partial charge in [0, 0.05) is 30.4 Å². The number of halogens is 1. The molecule has 0 unspecified atom stereocenters. The molecule has 1 fully saturated rings. The topological polar surface area (TPSA) is 74.3 Å². The van der Waals surface area contributed by atoms with Crippen LogP contribution < -0.4 is 0 Å². The SMILES string of the molecule is CC1CCN(C(=O)c2ccc(-c3cn4c(-c5ccc(C#N)cc5)cnc4cn3)cc2F)CC1. The molecule has 2 aromatic heterocycles. The Bertz CT molecular complexity index is 1380. The monoisotopic (exact) mass is 439 g/mol. The summed E-state index contributed by atoms with van der Waals surface area (Å²) in [5, 5.41) is 9.02. The number of benzene rings is 2. The van der Waals surface area contributed by atoms with Crippen LogP contribution in [0.1, 0.15) is 35.7 Å². The van der Waals surface area contributed by atoms with Crippen molar-refractivity contribution in [3.8, 4) is 28.6 Å². The molecule has 5 rings (SSSR count). The first-order valence-corrected chi connectivity index (χ1v) is 11.0. The third-order valence-corrected chi connectivity index (χ3v) is 6.27. The molecule has 0 N–H and O–H groups in total. The standard InChI is InChI=1S/C26H22FN5O/c1-17-8-10-31(11-9-17)26(33)21-7-6-20(12-22(21)27)23-16-32-24(14-30-25(32)15-29-23)19-4-2-18(13-28)3-5-19/h2-7,12,14-17H,8-11H2,1H3. The van der Waals surface area contributed by atoms with Crippen LogP contribution in [0, 0.1) is 23.1 Å². The first-order valence-electron chi connectivity index (χ1n) is 11.0. The Morgan fingerprint density at radius 3 is 2.48 bits per heavy atom. The molecule has 33 heavy (non-hydrogen) atoms. The van der Waals surface area contributed by atoms with Crippen LogP contribution in [0.3, 0.4) is 0 Å². The zero-order chi connectivity index (χ0) is 22.9. The first-order chi connectivity index (χ1) is 16.0. The summed E-state index contributed by atoms with van der Waals surface area (Å²) in [6.45, 7) is 3.50. The number of aromatic nitrogens is 3. The van der Waals surface area contributed by atoms with Gasteiger partial charge in [0.2, 0.25) is 0 Å². The van der Waals surface area contributed by atoms with E-state index in [-0.39, 0.29) is 11.5 Å². The average Bonchev–Trinajstić information content (AvgIpc) is 3.27. The Labute approximate surface area is 190 Å². The van der Waals surface area contributed by atoms with E-state index in [0.29, 0.717) is 41.5 Å². The maximum absolute atomic E-state index is 15.0. The van der Waals surface area contributed by atoms with Crippen LogP contribution in [-0.4, -0.2) is 38.3 Å². The van der Waals surface area contributed by atoms with Gasteiger partial charge in [-0.1, -0.05) is 25.1 Å². The lowest BCUT2D eigenvalue weighted by molar-refractivity contribution is 0.0692. The molecule has 1 aliphatic heterocycles. The van der Waals surface area contributed by atoms with Gasteiger partial charge in [0.15, 0.2) is 5.65 Å². The van der Waals surface area contributed by atoms with E-state index in [1.807, 2.05) is 16.5 Å². The van der Waals surface area contributed by atoms with Gasteiger partial charge in [-0.3, -0.25) is 14.2 Å². The molecule has 1 aliphatic rings. The van der Waals surface area contributed by atoms with E-state index in [1.54, 1.807) is 47.8 Å². The lowest BCUT2D eigenvalue weighted by Gasteiger charge is -2.30. The predicted octanol–water partition coefficient (Wildman–Crippen LogP) is 4.95. The summed E-state index contributed by atoms with van der Waals surface area (Å²) in [6, 6.07) is 14.0. The highest BCUT2D eigenvalue weighted by Gasteiger charge is 2.24. The maximum Gasteiger partial charge on any atom is 0.256 e. The van der Waals surface area contributed by atoms with Crippen molar-refractivity contribution in [3.05, 3.63) is 78.0 Å². The second-order valence-electron chi connectivity index (χ2n) is 8.50. The van der Waals surface area contributed by atoms with Crippen molar-refractivity contribution in [1.29, 1.82) is 5.26 Å². The van der Waals surface area contributed by atoms with Crippen molar-refractivity contribution in [1.82, 2.24) is 19.3 Å². The Morgan fingerprint density at radius 2 is 1.79 bits per heavy atom. The second-order valence-corrected chi connectivity index (χ2v) is 8.50. The van der Waals surface area contributed by atoms with Crippen LogP contribution in [0.15, 0.2) is 61.1 Å². The number of hydrogen-bond acceptors (Lipinski definition) is 4. The van der Waals surface area contributed by atoms with Gasteiger partial charge in [0.05, 0.1) is 41.0 Å². The number of amides is 1. The molecule has 1 saturated heterocycles. The van der Waals surface area contributed by atoms with Gasteiger partial charge in [-0.05, 0) is 43.0 Å². The smallest absolute Gasteiger partial charge is 0.256 e. The summed E-state index contributed by atoms with van der Waals surface area (Å²) in [4.78, 5) is 23.4. The number of carbonyl (C=O) groups excluding carboxylic acids is 1. The normalized spacial score (nSPS) is 14.4. The van der Waals surface area contributed by atoms with Crippen LogP contribution in [0.5, 0.6) is 0 Å². The van der Waals surface area contributed by atoms with Gasteiger partial charge in [0.25, 0.3) is 5.91 Å². The fraction of sp³-hybridized carbons (Fsp3) is 0.231. The minimum Gasteiger partial charge on any atom is -0.339 e. The lowest BCUT2D eigenvalue weighted by Crippen LogP contribution is -2.38. The minimum atomic E-state index is -0.545. The Kier molecular flexibility index (Phi) is 5.35. The van der Waals surface area contributed by atoms with Crippen molar-refractivity contribution < 1.29 is 9.18 Å². The number of rotatable bonds is 3. The molecule has 7 heteroatoms. The Morgan fingerprint density at radius 1 is 1.06 bits per heavy atom.